The number of hydrogen-bond donors (Lipinski definition) is 0. The molecule has 3 heteroatoms. The Labute approximate surface area is 245 Å². The van der Waals surface area contributed by atoms with Crippen molar-refractivity contribution in [2.75, 3.05) is 0 Å². The molecule has 6 aliphatic carbocycles. The summed E-state index contributed by atoms with van der Waals surface area (Å²) in [5, 5.41) is 0. The van der Waals surface area contributed by atoms with E-state index in [1.807, 2.05) is 0 Å². The summed E-state index contributed by atoms with van der Waals surface area (Å²) in [6.07, 6.45) is 48.9. The molecule has 10 radical (unpaired) electrons. The van der Waals surface area contributed by atoms with Crippen LogP contribution in [0.1, 0.15) is 128 Å². The van der Waals surface area contributed by atoms with E-state index in [1.54, 1.807) is 11.3 Å². The average molecular weight is 579 g/mol. The summed E-state index contributed by atoms with van der Waals surface area (Å²) in [4.78, 5) is 0. The molecule has 0 amide bonds. The smallest absolute Gasteiger partial charge is 0.0924 e. The second-order valence-electron chi connectivity index (χ2n) is 12.3. The van der Waals surface area contributed by atoms with Gasteiger partial charge in [-0.05, 0) is 125 Å². The van der Waals surface area contributed by atoms with E-state index in [9.17, 15) is 0 Å². The van der Waals surface area contributed by atoms with Crippen LogP contribution < -0.4 is 0 Å². The summed E-state index contributed by atoms with van der Waals surface area (Å²) < 4.78 is 0. The maximum Gasteiger partial charge on any atom is 2.00 e. The predicted molar refractivity (Wildman–Crippen MR) is 162 cm³/mol. The topological polar surface area (TPSA) is 0 Å². The van der Waals surface area contributed by atoms with E-state index in [-0.39, 0.29) is 32.9 Å². The van der Waals surface area contributed by atoms with Crippen molar-refractivity contribution in [2.45, 2.75) is 151 Å². The first-order valence-corrected chi connectivity index (χ1v) is 18.9. The Morgan fingerprint density at radius 1 is 0.351 bits per heavy atom. The van der Waals surface area contributed by atoms with Gasteiger partial charge in [0.1, 0.15) is 0 Å². The largest absolute Gasteiger partial charge is 2.00 e. The van der Waals surface area contributed by atoms with Crippen molar-refractivity contribution < 1.29 is 17.1 Å². The van der Waals surface area contributed by atoms with E-state index in [0.29, 0.717) is 0 Å². The summed E-state index contributed by atoms with van der Waals surface area (Å²) in [7, 11) is 0.290. The fourth-order valence-electron chi connectivity index (χ4n) is 7.95. The monoisotopic (exact) mass is 578 g/mol. The van der Waals surface area contributed by atoms with Crippen LogP contribution in [0.25, 0.3) is 0 Å². The van der Waals surface area contributed by atoms with Gasteiger partial charge >= 0.3 is 17.1 Å². The Kier molecular flexibility index (Phi) is 14.7. The maximum atomic E-state index is 2.43. The average Bonchev–Trinajstić information content (AvgIpc) is 3.68. The molecule has 0 aromatic rings. The normalized spacial score (nSPS) is 28.4. The van der Waals surface area contributed by atoms with Crippen LogP contribution >= 0.6 is 15.8 Å². The molecule has 0 aromatic heterocycles. The minimum Gasteiger partial charge on any atom is -0.0924 e. The molecule has 0 saturated heterocycles. The Morgan fingerprint density at radius 2 is 0.568 bits per heavy atom. The summed E-state index contributed by atoms with van der Waals surface area (Å²) in [6.45, 7) is 0. The summed E-state index contributed by atoms with van der Waals surface area (Å²) in [6, 6.07) is 0. The van der Waals surface area contributed by atoms with Crippen LogP contribution in [0.15, 0.2) is 0 Å². The molecule has 0 atom stereocenters. The van der Waals surface area contributed by atoms with Crippen LogP contribution in [0.2, 0.25) is 0 Å². The minimum atomic E-state index is 0. The first-order valence-electron chi connectivity index (χ1n) is 15.9. The molecule has 0 heterocycles. The van der Waals surface area contributed by atoms with Crippen molar-refractivity contribution in [3.8, 4) is 0 Å². The van der Waals surface area contributed by atoms with Crippen LogP contribution in [0.3, 0.4) is 0 Å². The second-order valence-corrected chi connectivity index (χ2v) is 17.9. The standard InChI is InChI=1S/2C17H26P.Fe/c2*1-3-9-15(10-4-1)18(17-13-7-8-14-17)16-11-5-2-6-12-16;/h2*7-8,13-16H,1-6,9-12H2;/q;;+2. The second kappa shape index (κ2) is 17.4. The summed E-state index contributed by atoms with van der Waals surface area (Å²) in [5.41, 5.74) is 7.67. The molecule has 204 valence electrons. The van der Waals surface area contributed by atoms with Crippen LogP contribution in [0.4, 0.5) is 0 Å². The van der Waals surface area contributed by atoms with Crippen LogP contribution in [0.5, 0.6) is 0 Å². The van der Waals surface area contributed by atoms with Gasteiger partial charge in [0.2, 0.25) is 0 Å². The number of rotatable bonds is 6. The molecule has 6 rings (SSSR count). The van der Waals surface area contributed by atoms with Crippen molar-refractivity contribution in [1.82, 2.24) is 0 Å². The molecule has 0 spiro atoms. The zero-order valence-electron chi connectivity index (χ0n) is 23.3. The third kappa shape index (κ3) is 9.18. The predicted octanol–water partition coefficient (Wildman–Crippen LogP) is 11.0. The van der Waals surface area contributed by atoms with Gasteiger partial charge in [0.05, 0.1) is 0 Å². The molecule has 0 aliphatic heterocycles. The summed E-state index contributed by atoms with van der Waals surface area (Å²) in [5.74, 6) is 0. The van der Waals surface area contributed by atoms with Crippen molar-refractivity contribution in [3.05, 3.63) is 62.7 Å². The van der Waals surface area contributed by atoms with Crippen LogP contribution in [0, 0.1) is 62.7 Å². The van der Waals surface area contributed by atoms with Gasteiger partial charge in [0.15, 0.2) is 0 Å². The zero-order chi connectivity index (χ0) is 24.4. The van der Waals surface area contributed by atoms with Crippen molar-refractivity contribution in [1.29, 1.82) is 0 Å². The number of hydrogen-bond acceptors (Lipinski definition) is 0. The Bertz CT molecular complexity index is 487. The van der Waals surface area contributed by atoms with E-state index in [0.717, 1.165) is 22.6 Å². The SMILES string of the molecule is [CH]1[CH][CH][C](P(C2CCCCC2)C2CCCCC2)[CH]1.[CH]1[CH][CH][C](P(C2CCCCC2)C2CCCCC2)[CH]1.[Fe+2]. The molecule has 0 unspecified atom stereocenters. The molecule has 37 heavy (non-hydrogen) atoms. The molecule has 0 aromatic carbocycles. The molecule has 0 nitrogen and oxygen atoms in total. The van der Waals surface area contributed by atoms with Gasteiger partial charge in [0, 0.05) is 11.3 Å². The van der Waals surface area contributed by atoms with Crippen LogP contribution in [-0.2, 0) is 17.1 Å². The third-order valence-corrected chi connectivity index (χ3v) is 16.8. The van der Waals surface area contributed by atoms with Crippen molar-refractivity contribution >= 4 is 15.8 Å². The van der Waals surface area contributed by atoms with Gasteiger partial charge in [0.25, 0.3) is 0 Å². The van der Waals surface area contributed by atoms with Gasteiger partial charge in [-0.15, -0.1) is 0 Å². The van der Waals surface area contributed by atoms with Gasteiger partial charge < -0.3 is 0 Å². The third-order valence-electron chi connectivity index (χ3n) is 9.76. The molecule has 6 aliphatic rings. The fraction of sp³-hybridized carbons (Fsp3) is 0.706. The molecule has 6 saturated carbocycles. The van der Waals surface area contributed by atoms with Gasteiger partial charge in [-0.3, -0.25) is 0 Å². The molecule has 6 fully saturated rings. The Balaban J connectivity index is 0.000000168. The van der Waals surface area contributed by atoms with E-state index in [4.69, 9.17) is 0 Å². The van der Waals surface area contributed by atoms with Gasteiger partial charge in [-0.2, -0.15) is 0 Å². The molecule has 0 bridgehead atoms. The minimum absolute atomic E-state index is 0. The first-order chi connectivity index (χ1) is 17.9. The van der Waals surface area contributed by atoms with Crippen molar-refractivity contribution in [3.63, 3.8) is 0 Å². The van der Waals surface area contributed by atoms with E-state index < -0.39 is 0 Å². The summed E-state index contributed by atoms with van der Waals surface area (Å²) >= 11 is 0. The molecular weight excluding hydrogens is 526 g/mol. The fourth-order valence-corrected chi connectivity index (χ4v) is 15.5. The zero-order valence-corrected chi connectivity index (χ0v) is 26.2. The quantitative estimate of drug-likeness (QED) is 0.217. The molecule has 0 N–H and O–H groups in total. The van der Waals surface area contributed by atoms with Gasteiger partial charge in [-0.1, -0.05) is 92.9 Å². The molecular formula is C34H52FeP2+2. The van der Waals surface area contributed by atoms with Crippen LogP contribution in [-0.4, -0.2) is 22.6 Å². The maximum absolute atomic E-state index is 2.43. The van der Waals surface area contributed by atoms with E-state index in [1.165, 1.54) is 128 Å². The van der Waals surface area contributed by atoms with Gasteiger partial charge in [-0.25, -0.2) is 0 Å². The Morgan fingerprint density at radius 3 is 0.784 bits per heavy atom. The van der Waals surface area contributed by atoms with E-state index >= 15 is 0 Å². The first kappa shape index (κ1) is 31.3. The van der Waals surface area contributed by atoms with E-state index in [2.05, 4.69) is 51.4 Å². The van der Waals surface area contributed by atoms with Crippen molar-refractivity contribution in [2.24, 2.45) is 0 Å². The Hall–Kier alpha value is 1.38.